The Morgan fingerprint density at radius 1 is 1.31 bits per heavy atom. The molecule has 0 aliphatic heterocycles. The first kappa shape index (κ1) is 20.1. The van der Waals surface area contributed by atoms with Gasteiger partial charge in [-0.2, -0.15) is 0 Å². The summed E-state index contributed by atoms with van der Waals surface area (Å²) < 4.78 is 0. The molecule has 0 saturated carbocycles. The molecule has 3 aromatic heterocycles. The van der Waals surface area contributed by atoms with E-state index in [1.165, 1.54) is 28.6 Å². The number of hydrogen-bond acceptors (Lipinski definition) is 6. The highest BCUT2D eigenvalue weighted by Gasteiger charge is 2.20. The minimum absolute atomic E-state index is 0.0381. The molecule has 0 saturated heterocycles. The SMILES string of the molecule is CN(CCc1ccccn1)C(=O)CSCc1nc2sc3c(c2c(=O)[nH]1)CCCC3. The number of carbonyl (C=O) groups excluding carboxylic acids is 1. The first-order valence-corrected chi connectivity index (χ1v) is 11.8. The van der Waals surface area contributed by atoms with Gasteiger partial charge in [-0.1, -0.05) is 6.07 Å². The van der Waals surface area contributed by atoms with Gasteiger partial charge < -0.3 is 9.88 Å². The zero-order chi connectivity index (χ0) is 20.2. The van der Waals surface area contributed by atoms with Crippen molar-refractivity contribution < 1.29 is 4.79 Å². The van der Waals surface area contributed by atoms with E-state index in [1.807, 2.05) is 25.2 Å². The summed E-state index contributed by atoms with van der Waals surface area (Å²) in [5.74, 6) is 1.60. The fraction of sp³-hybridized carbons (Fsp3) is 0.429. The molecule has 4 rings (SSSR count). The quantitative estimate of drug-likeness (QED) is 0.625. The third-order valence-electron chi connectivity index (χ3n) is 5.19. The van der Waals surface area contributed by atoms with Crippen LogP contribution in [0, 0.1) is 0 Å². The van der Waals surface area contributed by atoms with Crippen LogP contribution >= 0.6 is 23.1 Å². The average Bonchev–Trinajstić information content (AvgIpc) is 3.11. The summed E-state index contributed by atoms with van der Waals surface area (Å²) in [6.07, 6.45) is 6.87. The summed E-state index contributed by atoms with van der Waals surface area (Å²) in [5, 5.41) is 0.781. The molecular weight excluding hydrogens is 404 g/mol. The lowest BCUT2D eigenvalue weighted by atomic mass is 9.97. The summed E-state index contributed by atoms with van der Waals surface area (Å²) in [5.41, 5.74) is 2.14. The van der Waals surface area contributed by atoms with Crippen LogP contribution in [0.1, 0.15) is 34.8 Å². The predicted molar refractivity (Wildman–Crippen MR) is 119 cm³/mol. The van der Waals surface area contributed by atoms with Crippen molar-refractivity contribution in [3.05, 3.63) is 56.7 Å². The van der Waals surface area contributed by atoms with E-state index in [0.29, 0.717) is 23.9 Å². The van der Waals surface area contributed by atoms with Gasteiger partial charge in [0.25, 0.3) is 5.56 Å². The van der Waals surface area contributed by atoms with Crippen LogP contribution in [0.5, 0.6) is 0 Å². The Balaban J connectivity index is 1.32. The van der Waals surface area contributed by atoms with Crippen molar-refractivity contribution >= 4 is 39.2 Å². The van der Waals surface area contributed by atoms with Crippen LogP contribution in [0.4, 0.5) is 0 Å². The van der Waals surface area contributed by atoms with Gasteiger partial charge >= 0.3 is 0 Å². The van der Waals surface area contributed by atoms with E-state index >= 15 is 0 Å². The molecule has 3 aromatic rings. The van der Waals surface area contributed by atoms with Gasteiger partial charge in [-0.05, 0) is 43.4 Å². The predicted octanol–water partition coefficient (Wildman–Crippen LogP) is 3.19. The molecule has 6 nitrogen and oxygen atoms in total. The maximum atomic E-state index is 12.6. The van der Waals surface area contributed by atoms with Crippen LogP contribution in [-0.2, 0) is 29.8 Å². The van der Waals surface area contributed by atoms with Crippen molar-refractivity contribution in [2.75, 3.05) is 19.3 Å². The number of aromatic amines is 1. The molecule has 0 spiro atoms. The molecule has 0 aromatic carbocycles. The number of rotatable bonds is 7. The van der Waals surface area contributed by atoms with Gasteiger partial charge in [0.1, 0.15) is 10.7 Å². The van der Waals surface area contributed by atoms with Crippen molar-refractivity contribution in [2.45, 2.75) is 37.9 Å². The number of nitrogens with zero attached hydrogens (tertiary/aromatic N) is 3. The normalized spacial score (nSPS) is 13.4. The largest absolute Gasteiger partial charge is 0.345 e. The number of aromatic nitrogens is 3. The highest BCUT2D eigenvalue weighted by atomic mass is 32.2. The Hall–Kier alpha value is -2.19. The van der Waals surface area contributed by atoms with E-state index < -0.39 is 0 Å². The van der Waals surface area contributed by atoms with Gasteiger partial charge in [0.15, 0.2) is 0 Å². The van der Waals surface area contributed by atoms with Crippen LogP contribution in [-0.4, -0.2) is 45.1 Å². The Morgan fingerprint density at radius 2 is 2.17 bits per heavy atom. The number of H-pyrrole nitrogens is 1. The third-order valence-corrected chi connectivity index (χ3v) is 7.31. The average molecular weight is 429 g/mol. The van der Waals surface area contributed by atoms with E-state index in [2.05, 4.69) is 15.0 Å². The van der Waals surface area contributed by atoms with E-state index in [-0.39, 0.29) is 11.5 Å². The van der Waals surface area contributed by atoms with Crippen LogP contribution in [0.25, 0.3) is 10.2 Å². The smallest absolute Gasteiger partial charge is 0.259 e. The summed E-state index contributed by atoms with van der Waals surface area (Å²) >= 11 is 3.14. The number of hydrogen-bond donors (Lipinski definition) is 1. The van der Waals surface area contributed by atoms with Crippen molar-refractivity contribution in [3.63, 3.8) is 0 Å². The van der Waals surface area contributed by atoms with E-state index in [0.717, 1.165) is 41.6 Å². The highest BCUT2D eigenvalue weighted by Crippen LogP contribution is 2.33. The van der Waals surface area contributed by atoms with Crippen LogP contribution in [0.2, 0.25) is 0 Å². The Morgan fingerprint density at radius 3 is 3.00 bits per heavy atom. The zero-order valence-corrected chi connectivity index (χ0v) is 18.1. The van der Waals surface area contributed by atoms with Crippen LogP contribution in [0.3, 0.4) is 0 Å². The number of likely N-dealkylation sites (N-methyl/N-ethyl adjacent to an activating group) is 1. The molecule has 1 aliphatic rings. The van der Waals surface area contributed by atoms with Crippen molar-refractivity contribution in [3.8, 4) is 0 Å². The fourth-order valence-electron chi connectivity index (χ4n) is 3.57. The molecule has 8 heteroatoms. The number of thioether (sulfide) groups is 1. The van der Waals surface area contributed by atoms with Gasteiger partial charge in [-0.3, -0.25) is 14.6 Å². The molecule has 1 amide bonds. The fourth-order valence-corrected chi connectivity index (χ4v) is 5.68. The second-order valence-corrected chi connectivity index (χ2v) is 9.35. The summed E-state index contributed by atoms with van der Waals surface area (Å²) in [6, 6.07) is 5.80. The lowest BCUT2D eigenvalue weighted by molar-refractivity contribution is -0.127. The van der Waals surface area contributed by atoms with E-state index in [1.54, 1.807) is 22.4 Å². The summed E-state index contributed by atoms with van der Waals surface area (Å²) in [7, 11) is 1.81. The standard InChI is InChI=1S/C21H24N4O2S2/c1-25(11-9-14-6-4-5-10-22-14)18(26)13-28-12-17-23-20(27)19-15-7-2-3-8-16(15)29-21(19)24-17/h4-6,10H,2-3,7-9,11-13H2,1H3,(H,23,24,27). The van der Waals surface area contributed by atoms with Gasteiger partial charge in [0.2, 0.25) is 5.91 Å². The van der Waals surface area contributed by atoms with E-state index in [4.69, 9.17) is 0 Å². The van der Waals surface area contributed by atoms with Gasteiger partial charge in [-0.25, -0.2) is 4.98 Å². The topological polar surface area (TPSA) is 79.0 Å². The second-order valence-electron chi connectivity index (χ2n) is 7.28. The summed E-state index contributed by atoms with van der Waals surface area (Å²) in [4.78, 5) is 40.7. The molecule has 0 atom stereocenters. The number of carbonyl (C=O) groups is 1. The molecule has 1 N–H and O–H groups in total. The number of amides is 1. The van der Waals surface area contributed by atoms with Gasteiger partial charge in [0.05, 0.1) is 16.9 Å². The van der Waals surface area contributed by atoms with Crippen molar-refractivity contribution in [1.82, 2.24) is 19.9 Å². The van der Waals surface area contributed by atoms with Crippen LogP contribution < -0.4 is 5.56 Å². The maximum Gasteiger partial charge on any atom is 0.259 e. The number of pyridine rings is 1. The Labute approximate surface area is 177 Å². The first-order valence-electron chi connectivity index (χ1n) is 9.87. The molecule has 152 valence electrons. The minimum atomic E-state index is -0.0381. The lowest BCUT2D eigenvalue weighted by Crippen LogP contribution is -2.30. The first-order chi connectivity index (χ1) is 14.1. The lowest BCUT2D eigenvalue weighted by Gasteiger charge is -2.16. The number of aryl methyl sites for hydroxylation is 2. The number of nitrogens with one attached hydrogen (secondary N) is 1. The molecular formula is C21H24N4O2S2. The molecule has 0 unspecified atom stereocenters. The molecule has 29 heavy (non-hydrogen) atoms. The highest BCUT2D eigenvalue weighted by molar-refractivity contribution is 7.99. The van der Waals surface area contributed by atoms with Crippen molar-refractivity contribution in [1.29, 1.82) is 0 Å². The van der Waals surface area contributed by atoms with Crippen molar-refractivity contribution in [2.24, 2.45) is 0 Å². The zero-order valence-electron chi connectivity index (χ0n) is 16.4. The molecule has 0 fully saturated rings. The van der Waals surface area contributed by atoms with Gasteiger partial charge in [-0.15, -0.1) is 23.1 Å². The Bertz CT molecular complexity index is 1060. The number of thiophene rings is 1. The molecule has 1 aliphatic carbocycles. The van der Waals surface area contributed by atoms with Crippen LogP contribution in [0.15, 0.2) is 29.2 Å². The minimum Gasteiger partial charge on any atom is -0.345 e. The molecule has 0 bridgehead atoms. The number of fused-ring (bicyclic) bond motifs is 3. The maximum absolute atomic E-state index is 12.6. The van der Waals surface area contributed by atoms with Gasteiger partial charge in [0, 0.05) is 36.8 Å². The molecule has 3 heterocycles. The third kappa shape index (κ3) is 4.70. The second kappa shape index (κ2) is 9.09. The Kier molecular flexibility index (Phi) is 6.30. The summed E-state index contributed by atoms with van der Waals surface area (Å²) in [6.45, 7) is 0.637. The van der Waals surface area contributed by atoms with E-state index in [9.17, 15) is 9.59 Å². The molecule has 0 radical (unpaired) electrons. The monoisotopic (exact) mass is 428 g/mol.